The molecule has 6 aromatic rings. The first kappa shape index (κ1) is 44.4. The monoisotopic (exact) mass is 843 g/mol. The highest BCUT2D eigenvalue weighted by molar-refractivity contribution is 7.93. The molecular formula is C47H45N3O8S2. The maximum Gasteiger partial charge on any atom is 0.335 e. The molecule has 0 aromatic heterocycles. The van der Waals surface area contributed by atoms with Gasteiger partial charge in [0.15, 0.2) is 0 Å². The van der Waals surface area contributed by atoms with E-state index >= 15 is 0 Å². The predicted octanol–water partition coefficient (Wildman–Crippen LogP) is 9.16. The van der Waals surface area contributed by atoms with E-state index in [-0.39, 0.29) is 26.5 Å². The molecule has 0 aliphatic carbocycles. The molecule has 0 fully saturated rings. The van der Waals surface area contributed by atoms with Crippen molar-refractivity contribution in [1.82, 2.24) is 0 Å². The van der Waals surface area contributed by atoms with Crippen molar-refractivity contribution < 1.29 is 36.6 Å². The van der Waals surface area contributed by atoms with Crippen molar-refractivity contribution in [3.8, 4) is 6.07 Å². The lowest BCUT2D eigenvalue weighted by atomic mass is 10.0. The van der Waals surface area contributed by atoms with Crippen molar-refractivity contribution in [1.29, 1.82) is 5.26 Å². The van der Waals surface area contributed by atoms with Gasteiger partial charge in [-0.25, -0.2) is 26.4 Å². The van der Waals surface area contributed by atoms with Gasteiger partial charge in [0.2, 0.25) is 0 Å². The number of carboxylic acids is 2. The topological polar surface area (TPSA) is 191 Å². The predicted molar refractivity (Wildman–Crippen MR) is 232 cm³/mol. The van der Waals surface area contributed by atoms with Crippen LogP contribution in [0.1, 0.15) is 73.9 Å². The zero-order valence-corrected chi connectivity index (χ0v) is 34.5. The summed E-state index contributed by atoms with van der Waals surface area (Å²) in [6.07, 6.45) is 5.29. The van der Waals surface area contributed by atoms with E-state index in [2.05, 4.69) is 9.44 Å². The van der Waals surface area contributed by atoms with Crippen molar-refractivity contribution >= 4 is 43.4 Å². The summed E-state index contributed by atoms with van der Waals surface area (Å²) < 4.78 is 56.5. The zero-order valence-electron chi connectivity index (χ0n) is 32.9. The molecule has 0 saturated carbocycles. The van der Waals surface area contributed by atoms with E-state index in [4.69, 9.17) is 10.2 Å². The molecule has 60 heavy (non-hydrogen) atoms. The second-order valence-corrected chi connectivity index (χ2v) is 17.2. The van der Waals surface area contributed by atoms with Crippen molar-refractivity contribution in [3.63, 3.8) is 0 Å². The Morgan fingerprint density at radius 1 is 0.533 bits per heavy atom. The van der Waals surface area contributed by atoms with Crippen LogP contribution >= 0.6 is 0 Å². The molecule has 308 valence electrons. The third-order valence-electron chi connectivity index (χ3n) is 9.69. The standard InChI is InChI=1S/C24H25NO4S.C23H20N2O4S/c1-2-18-12-16-22(17-13-18)30(28,29)25-23-9-4-3-7-20(23)8-5-6-19-10-14-21(15-11-19)24(26)27;24-16-20-8-2-4-11-22(20)30(28,29)25-21-10-3-1-7-18(21)9-5-6-17-12-14-19(15-13-17)23(26)27/h3-4,7,9-17,25H,2,5-6,8H2,1H3,(H,26,27);1-4,7-8,10-15,25H,5-6,9H2,(H,26,27). The lowest BCUT2D eigenvalue weighted by Gasteiger charge is -2.13. The second-order valence-electron chi connectivity index (χ2n) is 13.8. The van der Waals surface area contributed by atoms with Crippen LogP contribution in [0.15, 0.2) is 155 Å². The number of aromatic carboxylic acids is 2. The van der Waals surface area contributed by atoms with E-state index in [0.29, 0.717) is 24.2 Å². The fraction of sp³-hybridized carbons (Fsp3) is 0.170. The van der Waals surface area contributed by atoms with Gasteiger partial charge in [0, 0.05) is 0 Å². The van der Waals surface area contributed by atoms with Gasteiger partial charge in [0.05, 0.1) is 33.0 Å². The summed E-state index contributed by atoms with van der Waals surface area (Å²) in [6, 6.07) is 43.0. The maximum atomic E-state index is 12.8. The van der Waals surface area contributed by atoms with Crippen LogP contribution in [0.2, 0.25) is 0 Å². The molecule has 0 heterocycles. The third-order valence-corrected chi connectivity index (χ3v) is 12.5. The van der Waals surface area contributed by atoms with Crippen molar-refractivity contribution in [2.24, 2.45) is 0 Å². The molecule has 6 rings (SSSR count). The molecule has 4 N–H and O–H groups in total. The minimum atomic E-state index is -3.90. The molecule has 13 heteroatoms. The summed E-state index contributed by atoms with van der Waals surface area (Å²) in [4.78, 5) is 22.1. The van der Waals surface area contributed by atoms with Crippen molar-refractivity contribution in [3.05, 3.63) is 190 Å². The molecule has 0 atom stereocenters. The van der Waals surface area contributed by atoms with Crippen LogP contribution in [-0.2, 0) is 52.2 Å². The number of carbonyl (C=O) groups is 2. The van der Waals surface area contributed by atoms with Crippen LogP contribution in [0.25, 0.3) is 0 Å². The number of nitrogens with zero attached hydrogens (tertiary/aromatic N) is 1. The number of carboxylic acid groups (broad SMARTS) is 2. The van der Waals surface area contributed by atoms with E-state index in [0.717, 1.165) is 59.9 Å². The van der Waals surface area contributed by atoms with E-state index < -0.39 is 32.0 Å². The number of sulfonamides is 2. The maximum absolute atomic E-state index is 12.8. The Labute approximate surface area is 351 Å². The van der Waals surface area contributed by atoms with E-state index in [1.165, 1.54) is 12.1 Å². The van der Waals surface area contributed by atoms with E-state index in [1.807, 2.05) is 67.6 Å². The molecular weight excluding hydrogens is 799 g/mol. The number of nitriles is 1. The molecule has 0 saturated heterocycles. The lowest BCUT2D eigenvalue weighted by molar-refractivity contribution is 0.0686. The summed E-state index contributed by atoms with van der Waals surface area (Å²) >= 11 is 0. The largest absolute Gasteiger partial charge is 0.478 e. The average Bonchev–Trinajstić information content (AvgIpc) is 3.25. The summed E-state index contributed by atoms with van der Waals surface area (Å²) in [5.41, 5.74) is 6.59. The van der Waals surface area contributed by atoms with Gasteiger partial charge in [-0.2, -0.15) is 5.26 Å². The number of nitrogens with one attached hydrogen (secondary N) is 2. The number of hydrogen-bond acceptors (Lipinski definition) is 7. The van der Waals surface area contributed by atoms with Gasteiger partial charge in [-0.05, 0) is 133 Å². The smallest absolute Gasteiger partial charge is 0.335 e. The zero-order chi connectivity index (χ0) is 43.1. The van der Waals surface area contributed by atoms with Crippen LogP contribution in [0.5, 0.6) is 0 Å². The highest BCUT2D eigenvalue weighted by atomic mass is 32.2. The number of aryl methyl sites for hydroxylation is 5. The van der Waals surface area contributed by atoms with Gasteiger partial charge in [0.1, 0.15) is 11.0 Å². The highest BCUT2D eigenvalue weighted by Gasteiger charge is 2.20. The molecule has 0 amide bonds. The van der Waals surface area contributed by atoms with Crippen LogP contribution in [0, 0.1) is 11.3 Å². The quantitative estimate of drug-likeness (QED) is 0.0694. The first-order chi connectivity index (χ1) is 28.8. The third kappa shape index (κ3) is 12.4. The Morgan fingerprint density at radius 2 is 0.950 bits per heavy atom. The van der Waals surface area contributed by atoms with Gasteiger partial charge in [-0.3, -0.25) is 9.44 Å². The van der Waals surface area contributed by atoms with Gasteiger partial charge in [-0.15, -0.1) is 0 Å². The fourth-order valence-corrected chi connectivity index (χ4v) is 8.73. The summed E-state index contributed by atoms with van der Waals surface area (Å²) in [7, 11) is -7.55. The summed E-state index contributed by atoms with van der Waals surface area (Å²) in [5.74, 6) is -1.90. The number of hydrogen-bond donors (Lipinski definition) is 4. The second kappa shape index (κ2) is 20.8. The highest BCUT2D eigenvalue weighted by Crippen LogP contribution is 2.25. The van der Waals surface area contributed by atoms with Crippen molar-refractivity contribution in [2.75, 3.05) is 9.44 Å². The van der Waals surface area contributed by atoms with Crippen LogP contribution in [0.3, 0.4) is 0 Å². The average molecular weight is 844 g/mol. The van der Waals surface area contributed by atoms with Gasteiger partial charge in [-0.1, -0.05) is 91.9 Å². The number of benzene rings is 6. The van der Waals surface area contributed by atoms with Gasteiger partial charge in [0.25, 0.3) is 20.0 Å². The summed E-state index contributed by atoms with van der Waals surface area (Å²) in [6.45, 7) is 2.03. The molecule has 0 aliphatic rings. The Balaban J connectivity index is 0.000000228. The first-order valence-electron chi connectivity index (χ1n) is 19.2. The van der Waals surface area contributed by atoms with Gasteiger partial charge < -0.3 is 10.2 Å². The number of anilines is 2. The van der Waals surface area contributed by atoms with E-state index in [9.17, 15) is 31.7 Å². The first-order valence-corrected chi connectivity index (χ1v) is 22.2. The van der Waals surface area contributed by atoms with Crippen LogP contribution in [-0.4, -0.2) is 39.0 Å². The minimum Gasteiger partial charge on any atom is -0.478 e. The molecule has 0 unspecified atom stereocenters. The molecule has 6 aromatic carbocycles. The minimum absolute atomic E-state index is 0.0548. The Hall–Kier alpha value is -6.75. The molecule has 0 bridgehead atoms. The Kier molecular flexibility index (Phi) is 15.4. The number of para-hydroxylation sites is 2. The molecule has 0 aliphatic heterocycles. The number of rotatable bonds is 17. The Bertz CT molecular complexity index is 2680. The van der Waals surface area contributed by atoms with E-state index in [1.54, 1.807) is 78.9 Å². The van der Waals surface area contributed by atoms with Crippen molar-refractivity contribution in [2.45, 2.75) is 61.7 Å². The fourth-order valence-electron chi connectivity index (χ4n) is 6.37. The van der Waals surface area contributed by atoms with Crippen LogP contribution < -0.4 is 9.44 Å². The summed E-state index contributed by atoms with van der Waals surface area (Å²) in [5, 5.41) is 27.1. The van der Waals surface area contributed by atoms with Gasteiger partial charge >= 0.3 is 11.9 Å². The van der Waals surface area contributed by atoms with Crippen LogP contribution in [0.4, 0.5) is 11.4 Å². The Morgan fingerprint density at radius 3 is 1.40 bits per heavy atom. The normalized spacial score (nSPS) is 11.1. The molecule has 0 spiro atoms. The molecule has 11 nitrogen and oxygen atoms in total. The SMILES string of the molecule is CCc1ccc(S(=O)(=O)Nc2ccccc2CCCc2ccc(C(=O)O)cc2)cc1.N#Cc1ccccc1S(=O)(=O)Nc1ccccc1CCCc1ccc(C(=O)O)cc1. The molecule has 0 radical (unpaired) electrons. The lowest BCUT2D eigenvalue weighted by Crippen LogP contribution is -2.15.